The number of carbonyl (C=O) groups excluding carboxylic acids is 1. The summed E-state index contributed by atoms with van der Waals surface area (Å²) in [4.78, 5) is 13.9. The summed E-state index contributed by atoms with van der Waals surface area (Å²) < 4.78 is 44.5. The first-order chi connectivity index (χ1) is 12.9. The number of ether oxygens (including phenoxy) is 4. The predicted octanol–water partition coefficient (Wildman–Crippen LogP) is 3.26. The number of amides is 1. The van der Waals surface area contributed by atoms with Gasteiger partial charge in [-0.25, -0.2) is 4.79 Å². The Morgan fingerprint density at radius 1 is 1.11 bits per heavy atom. The maximum atomic E-state index is 13.3. The van der Waals surface area contributed by atoms with Crippen molar-refractivity contribution in [3.63, 3.8) is 0 Å². The smallest absolute Gasteiger partial charge is 0.411 e. The fourth-order valence-electron chi connectivity index (χ4n) is 2.50. The third-order valence-corrected chi connectivity index (χ3v) is 6.06. The number of hydrogen-bond acceptors (Lipinski definition) is 8. The molecule has 0 N–H and O–H groups in total. The Kier molecular flexibility index (Phi) is 9.76. The molecule has 1 aromatic carbocycles. The van der Waals surface area contributed by atoms with Gasteiger partial charge in [-0.15, -0.1) is 0 Å². The van der Waals surface area contributed by atoms with Gasteiger partial charge in [-0.3, -0.25) is 9.46 Å². The fourth-order valence-corrected chi connectivity index (χ4v) is 4.10. The lowest BCUT2D eigenvalue weighted by Crippen LogP contribution is -2.42. The Balaban J connectivity index is 3.52. The summed E-state index contributed by atoms with van der Waals surface area (Å²) in [6.45, 7) is 1.74. The van der Waals surface area contributed by atoms with Crippen molar-refractivity contribution in [3.8, 4) is 5.75 Å². The van der Waals surface area contributed by atoms with Crippen LogP contribution >= 0.6 is 7.60 Å². The molecule has 0 fully saturated rings. The largest absolute Gasteiger partial charge is 0.497 e. The lowest BCUT2D eigenvalue weighted by molar-refractivity contribution is -0.115. The highest BCUT2D eigenvalue weighted by molar-refractivity contribution is 7.54. The molecule has 1 amide bonds. The minimum Gasteiger partial charge on any atom is -0.497 e. The molecule has 1 aromatic rings. The first-order valence-electron chi connectivity index (χ1n) is 8.24. The van der Waals surface area contributed by atoms with Crippen molar-refractivity contribution in [2.75, 3.05) is 48.7 Å². The Bertz CT molecular complexity index is 629. The zero-order chi connectivity index (χ0) is 20.4. The molecule has 27 heavy (non-hydrogen) atoms. The van der Waals surface area contributed by atoms with E-state index in [-0.39, 0.29) is 13.2 Å². The quantitative estimate of drug-likeness (QED) is 0.409. The third-order valence-electron chi connectivity index (χ3n) is 3.87. The zero-order valence-corrected chi connectivity index (χ0v) is 17.4. The lowest BCUT2D eigenvalue weighted by Gasteiger charge is -2.35. The third kappa shape index (κ3) is 5.92. The summed E-state index contributed by atoms with van der Waals surface area (Å²) in [6, 6.07) is 6.78. The summed E-state index contributed by atoms with van der Waals surface area (Å²) >= 11 is 0. The van der Waals surface area contributed by atoms with Gasteiger partial charge in [-0.1, -0.05) is 12.1 Å². The molecule has 0 aromatic heterocycles. The summed E-state index contributed by atoms with van der Waals surface area (Å²) in [5.74, 6) is -0.579. The van der Waals surface area contributed by atoms with Crippen molar-refractivity contribution in [1.29, 1.82) is 0 Å². The summed E-state index contributed by atoms with van der Waals surface area (Å²) in [5, 5.41) is 0. The van der Waals surface area contributed by atoms with E-state index in [4.69, 9.17) is 28.0 Å². The van der Waals surface area contributed by atoms with Gasteiger partial charge in [0.25, 0.3) is 0 Å². The van der Waals surface area contributed by atoms with Crippen LogP contribution < -0.4 is 4.74 Å². The number of methoxy groups -OCH3 is 3. The van der Waals surface area contributed by atoms with E-state index >= 15 is 0 Å². The Labute approximate surface area is 160 Å². The highest BCUT2D eigenvalue weighted by Crippen LogP contribution is 2.61. The SMILES string of the molecule is CCOC(=O)N(CC(OC)OC)C(c1cccc(OC)c1)P(=O)(OC)OC. The van der Waals surface area contributed by atoms with Crippen LogP contribution in [-0.4, -0.2) is 66.0 Å². The van der Waals surface area contributed by atoms with E-state index in [1.165, 1.54) is 40.4 Å². The van der Waals surface area contributed by atoms with Crippen LogP contribution in [0.4, 0.5) is 4.79 Å². The van der Waals surface area contributed by atoms with Crippen LogP contribution in [-0.2, 0) is 27.8 Å². The van der Waals surface area contributed by atoms with Crippen molar-refractivity contribution >= 4 is 13.7 Å². The van der Waals surface area contributed by atoms with Crippen molar-refractivity contribution in [1.82, 2.24) is 4.90 Å². The minimum atomic E-state index is -3.80. The molecule has 0 bridgehead atoms. The van der Waals surface area contributed by atoms with Crippen LogP contribution in [0.15, 0.2) is 24.3 Å². The molecule has 1 rings (SSSR count). The minimum absolute atomic E-state index is 0.0651. The van der Waals surface area contributed by atoms with Gasteiger partial charge < -0.3 is 28.0 Å². The van der Waals surface area contributed by atoms with Crippen LogP contribution in [0, 0.1) is 0 Å². The number of nitrogens with zero attached hydrogens (tertiary/aromatic N) is 1. The molecule has 154 valence electrons. The van der Waals surface area contributed by atoms with E-state index in [0.29, 0.717) is 11.3 Å². The Hall–Kier alpha value is -1.64. The van der Waals surface area contributed by atoms with Crippen molar-refractivity contribution in [2.45, 2.75) is 19.0 Å². The van der Waals surface area contributed by atoms with Gasteiger partial charge in [0.05, 0.1) is 20.3 Å². The Morgan fingerprint density at radius 3 is 2.22 bits per heavy atom. The van der Waals surface area contributed by atoms with Gasteiger partial charge in [0, 0.05) is 28.4 Å². The average Bonchev–Trinajstić information content (AvgIpc) is 2.70. The summed E-state index contributed by atoms with van der Waals surface area (Å²) in [5.41, 5.74) is 0.486. The molecule has 0 aliphatic heterocycles. The van der Waals surface area contributed by atoms with Crippen LogP contribution in [0.3, 0.4) is 0 Å². The van der Waals surface area contributed by atoms with Gasteiger partial charge in [-0.05, 0) is 24.6 Å². The van der Waals surface area contributed by atoms with Gasteiger partial charge in [0.2, 0.25) is 0 Å². The fraction of sp³-hybridized carbons (Fsp3) is 0.588. The van der Waals surface area contributed by atoms with E-state index in [0.717, 1.165) is 0 Å². The summed E-state index contributed by atoms with van der Waals surface area (Å²) in [7, 11) is 3.09. The number of carbonyl (C=O) groups is 1. The predicted molar refractivity (Wildman–Crippen MR) is 98.9 cm³/mol. The maximum absolute atomic E-state index is 13.3. The van der Waals surface area contributed by atoms with Crippen molar-refractivity contribution in [2.24, 2.45) is 0 Å². The van der Waals surface area contributed by atoms with Crippen molar-refractivity contribution in [3.05, 3.63) is 29.8 Å². The average molecular weight is 405 g/mol. The molecular weight excluding hydrogens is 377 g/mol. The maximum Gasteiger partial charge on any atom is 0.411 e. The molecule has 1 atom stereocenters. The second-order valence-electron chi connectivity index (χ2n) is 5.31. The van der Waals surface area contributed by atoms with Crippen molar-refractivity contribution < 1.29 is 37.4 Å². The van der Waals surface area contributed by atoms with Gasteiger partial charge >= 0.3 is 13.7 Å². The molecule has 0 radical (unpaired) electrons. The van der Waals surface area contributed by atoms with Crippen LogP contribution in [0.5, 0.6) is 5.75 Å². The van der Waals surface area contributed by atoms with Gasteiger partial charge in [-0.2, -0.15) is 0 Å². The molecule has 0 saturated heterocycles. The zero-order valence-electron chi connectivity index (χ0n) is 16.5. The second-order valence-corrected chi connectivity index (χ2v) is 7.61. The normalized spacial score (nSPS) is 12.7. The first kappa shape index (κ1) is 23.4. The van der Waals surface area contributed by atoms with E-state index in [2.05, 4.69) is 0 Å². The Morgan fingerprint density at radius 2 is 1.74 bits per heavy atom. The highest BCUT2D eigenvalue weighted by atomic mass is 31.2. The van der Waals surface area contributed by atoms with E-state index in [1.807, 2.05) is 0 Å². The highest BCUT2D eigenvalue weighted by Gasteiger charge is 2.44. The molecule has 1 unspecified atom stereocenters. The van der Waals surface area contributed by atoms with Crippen LogP contribution in [0.2, 0.25) is 0 Å². The van der Waals surface area contributed by atoms with Gasteiger partial charge in [0.1, 0.15) is 5.75 Å². The molecule has 0 aliphatic rings. The second kappa shape index (κ2) is 11.3. The lowest BCUT2D eigenvalue weighted by atomic mass is 10.2. The molecule has 0 saturated carbocycles. The standard InChI is InChI=1S/C17H28NO8P/c1-7-26-17(19)18(12-15(22-3)23-4)16(27(20,24-5)25-6)13-9-8-10-14(11-13)21-2/h8-11,15-16H,7,12H2,1-6H3. The van der Waals surface area contributed by atoms with Crippen LogP contribution in [0.1, 0.15) is 18.3 Å². The van der Waals surface area contributed by atoms with E-state index < -0.39 is 25.8 Å². The topological polar surface area (TPSA) is 92.8 Å². The molecule has 0 spiro atoms. The summed E-state index contributed by atoms with van der Waals surface area (Å²) in [6.07, 6.45) is -1.48. The molecule has 0 aliphatic carbocycles. The van der Waals surface area contributed by atoms with Crippen LogP contribution in [0.25, 0.3) is 0 Å². The van der Waals surface area contributed by atoms with E-state index in [1.54, 1.807) is 31.2 Å². The molecule has 0 heterocycles. The number of hydrogen-bond donors (Lipinski definition) is 0. The van der Waals surface area contributed by atoms with Gasteiger partial charge in [0.15, 0.2) is 12.1 Å². The molecular formula is C17H28NO8P. The molecule has 9 nitrogen and oxygen atoms in total. The molecule has 10 heteroatoms. The van der Waals surface area contributed by atoms with E-state index in [9.17, 15) is 9.36 Å². The first-order valence-corrected chi connectivity index (χ1v) is 9.85. The number of rotatable bonds is 11. The number of benzene rings is 1. The monoisotopic (exact) mass is 405 g/mol.